The molecular weight excluding hydrogens is 141 g/mol. The van der Waals surface area contributed by atoms with Crippen LogP contribution in [0.1, 0.15) is 5.56 Å². The second-order valence-electron chi connectivity index (χ2n) is 2.55. The lowest BCUT2D eigenvalue weighted by Gasteiger charge is -2.00. The van der Waals surface area contributed by atoms with Crippen molar-refractivity contribution in [1.29, 1.82) is 0 Å². The van der Waals surface area contributed by atoms with Crippen LogP contribution in [0.4, 0.5) is 5.69 Å². The van der Waals surface area contributed by atoms with Crippen molar-refractivity contribution in [2.24, 2.45) is 0 Å². The van der Waals surface area contributed by atoms with Gasteiger partial charge in [0.25, 0.3) is 0 Å². The molecule has 1 heterocycles. The van der Waals surface area contributed by atoms with Gasteiger partial charge in [0.1, 0.15) is 0 Å². The molecule has 0 fully saturated rings. The minimum absolute atomic E-state index is 1.10. The molecule has 0 aromatic heterocycles. The van der Waals surface area contributed by atoms with Crippen molar-refractivity contribution in [3.8, 4) is 0 Å². The number of hydrogen-bond acceptors (Lipinski definition) is 1. The van der Waals surface area contributed by atoms with Crippen LogP contribution in [0.15, 0.2) is 18.2 Å². The Bertz CT molecular complexity index is 257. The first-order valence-corrected chi connectivity index (χ1v) is 4.07. The van der Waals surface area contributed by atoms with E-state index in [0.29, 0.717) is 0 Å². The van der Waals surface area contributed by atoms with E-state index in [1.807, 2.05) is 0 Å². The number of rotatable bonds is 0. The lowest BCUT2D eigenvalue weighted by Crippen LogP contribution is -1.97. The second-order valence-corrected chi connectivity index (χ2v) is 3.17. The lowest BCUT2D eigenvalue weighted by atomic mass is 10.2. The molecule has 0 radical (unpaired) electrons. The standard InChI is InChI=1S/C8H10NP/c10-8-3-1-2-7-6(8)4-5-9-7/h1-3,9H,4-5,10H2. The van der Waals surface area contributed by atoms with Gasteiger partial charge in [-0.3, -0.25) is 0 Å². The maximum atomic E-state index is 3.33. The summed E-state index contributed by atoms with van der Waals surface area (Å²) in [5.74, 6) is 0. The van der Waals surface area contributed by atoms with Gasteiger partial charge in [0.05, 0.1) is 0 Å². The average molecular weight is 151 g/mol. The second kappa shape index (κ2) is 2.25. The third-order valence-electron chi connectivity index (χ3n) is 1.90. The van der Waals surface area contributed by atoms with Crippen LogP contribution in [-0.2, 0) is 6.42 Å². The van der Waals surface area contributed by atoms with Crippen molar-refractivity contribution in [2.45, 2.75) is 6.42 Å². The van der Waals surface area contributed by atoms with Gasteiger partial charge in [-0.05, 0) is 23.4 Å². The van der Waals surface area contributed by atoms with Gasteiger partial charge in [0.15, 0.2) is 0 Å². The molecular formula is C8H10NP. The molecule has 2 rings (SSSR count). The van der Waals surface area contributed by atoms with E-state index in [0.717, 1.165) is 6.54 Å². The maximum absolute atomic E-state index is 3.33. The van der Waals surface area contributed by atoms with E-state index in [1.54, 1.807) is 0 Å². The highest BCUT2D eigenvalue weighted by Crippen LogP contribution is 2.20. The van der Waals surface area contributed by atoms with Crippen LogP contribution in [0.2, 0.25) is 0 Å². The van der Waals surface area contributed by atoms with E-state index in [4.69, 9.17) is 0 Å². The van der Waals surface area contributed by atoms with E-state index >= 15 is 0 Å². The third kappa shape index (κ3) is 0.819. The highest BCUT2D eigenvalue weighted by Gasteiger charge is 2.10. The first-order chi connectivity index (χ1) is 4.88. The van der Waals surface area contributed by atoms with E-state index in [2.05, 4.69) is 32.8 Å². The summed E-state index contributed by atoms with van der Waals surface area (Å²) < 4.78 is 0. The molecule has 1 N–H and O–H groups in total. The van der Waals surface area contributed by atoms with Crippen LogP contribution in [0.3, 0.4) is 0 Å². The summed E-state index contributed by atoms with van der Waals surface area (Å²) in [6, 6.07) is 6.35. The number of fused-ring (bicyclic) bond motifs is 1. The molecule has 52 valence electrons. The predicted octanol–water partition coefficient (Wildman–Crippen LogP) is 1.15. The fraction of sp³-hybridized carbons (Fsp3) is 0.250. The van der Waals surface area contributed by atoms with Crippen LogP contribution in [0.25, 0.3) is 0 Å². The Balaban J connectivity index is 2.59. The van der Waals surface area contributed by atoms with E-state index in [9.17, 15) is 0 Å². The first-order valence-electron chi connectivity index (χ1n) is 3.49. The largest absolute Gasteiger partial charge is 0.384 e. The lowest BCUT2D eigenvalue weighted by molar-refractivity contribution is 1.11. The van der Waals surface area contributed by atoms with E-state index in [-0.39, 0.29) is 0 Å². The fourth-order valence-corrected chi connectivity index (χ4v) is 1.78. The van der Waals surface area contributed by atoms with Gasteiger partial charge in [-0.1, -0.05) is 12.1 Å². The Kier molecular flexibility index (Phi) is 1.39. The fourth-order valence-electron chi connectivity index (χ4n) is 1.37. The molecule has 1 atom stereocenters. The molecule has 1 aliphatic heterocycles. The summed E-state index contributed by atoms with van der Waals surface area (Å²) in [7, 11) is 2.77. The molecule has 0 bridgehead atoms. The molecule has 2 heteroatoms. The molecule has 1 aromatic rings. The predicted molar refractivity (Wildman–Crippen MR) is 48.0 cm³/mol. The van der Waals surface area contributed by atoms with Gasteiger partial charge < -0.3 is 5.32 Å². The van der Waals surface area contributed by atoms with Crippen molar-refractivity contribution >= 4 is 20.2 Å². The third-order valence-corrected chi connectivity index (χ3v) is 2.44. The normalized spacial score (nSPS) is 14.5. The first kappa shape index (κ1) is 6.18. The van der Waals surface area contributed by atoms with Crippen molar-refractivity contribution in [3.05, 3.63) is 23.8 Å². The zero-order valence-electron chi connectivity index (χ0n) is 5.72. The Morgan fingerprint density at radius 2 is 2.30 bits per heavy atom. The summed E-state index contributed by atoms with van der Waals surface area (Å²) >= 11 is 0. The zero-order valence-corrected chi connectivity index (χ0v) is 6.88. The molecule has 10 heavy (non-hydrogen) atoms. The Morgan fingerprint density at radius 3 is 3.10 bits per heavy atom. The van der Waals surface area contributed by atoms with Crippen molar-refractivity contribution in [2.75, 3.05) is 11.9 Å². The van der Waals surface area contributed by atoms with Gasteiger partial charge in [-0.25, -0.2) is 0 Å². The highest BCUT2D eigenvalue weighted by atomic mass is 31.0. The smallest absolute Gasteiger partial charge is 0.0379 e. The number of hydrogen-bond donors (Lipinski definition) is 1. The molecule has 1 aromatic carbocycles. The summed E-state index contributed by atoms with van der Waals surface area (Å²) in [5, 5.41) is 4.66. The maximum Gasteiger partial charge on any atom is 0.0379 e. The van der Waals surface area contributed by atoms with Crippen LogP contribution < -0.4 is 10.6 Å². The van der Waals surface area contributed by atoms with Gasteiger partial charge in [-0.2, -0.15) is 0 Å². The number of anilines is 1. The Hall–Kier alpha value is -0.550. The van der Waals surface area contributed by atoms with Crippen LogP contribution >= 0.6 is 9.24 Å². The molecule has 0 saturated carbocycles. The molecule has 0 amide bonds. The van der Waals surface area contributed by atoms with Crippen LogP contribution in [0, 0.1) is 0 Å². The van der Waals surface area contributed by atoms with Crippen LogP contribution in [0.5, 0.6) is 0 Å². The van der Waals surface area contributed by atoms with E-state index in [1.165, 1.54) is 23.0 Å². The molecule has 0 spiro atoms. The van der Waals surface area contributed by atoms with Gasteiger partial charge in [-0.15, -0.1) is 9.24 Å². The van der Waals surface area contributed by atoms with Crippen molar-refractivity contribution in [3.63, 3.8) is 0 Å². The molecule has 0 saturated heterocycles. The number of benzene rings is 1. The monoisotopic (exact) mass is 151 g/mol. The average Bonchev–Trinajstić information content (AvgIpc) is 2.36. The van der Waals surface area contributed by atoms with Gasteiger partial charge in [0.2, 0.25) is 0 Å². The molecule has 1 aliphatic rings. The highest BCUT2D eigenvalue weighted by molar-refractivity contribution is 7.27. The van der Waals surface area contributed by atoms with Gasteiger partial charge >= 0.3 is 0 Å². The zero-order chi connectivity index (χ0) is 6.97. The summed E-state index contributed by atoms with van der Waals surface area (Å²) in [6.45, 7) is 1.10. The Labute approximate surface area is 63.0 Å². The topological polar surface area (TPSA) is 12.0 Å². The van der Waals surface area contributed by atoms with Crippen molar-refractivity contribution in [1.82, 2.24) is 0 Å². The minimum atomic E-state index is 1.10. The molecule has 1 unspecified atom stereocenters. The summed E-state index contributed by atoms with van der Waals surface area (Å²) in [4.78, 5) is 0. The van der Waals surface area contributed by atoms with Crippen molar-refractivity contribution < 1.29 is 0 Å². The minimum Gasteiger partial charge on any atom is -0.384 e. The molecule has 0 aliphatic carbocycles. The van der Waals surface area contributed by atoms with Gasteiger partial charge in [0, 0.05) is 12.2 Å². The number of nitrogens with one attached hydrogen (secondary N) is 1. The molecule has 1 nitrogen and oxygen atoms in total. The van der Waals surface area contributed by atoms with Crippen LogP contribution in [-0.4, -0.2) is 6.54 Å². The summed E-state index contributed by atoms with van der Waals surface area (Å²) in [6.07, 6.45) is 1.18. The Morgan fingerprint density at radius 1 is 1.40 bits per heavy atom. The van der Waals surface area contributed by atoms with E-state index < -0.39 is 0 Å². The SMILES string of the molecule is Pc1cccc2c1CCN2. The summed E-state index contributed by atoms with van der Waals surface area (Å²) in [5.41, 5.74) is 2.78. The quantitative estimate of drug-likeness (QED) is 0.548.